The second-order valence-electron chi connectivity index (χ2n) is 4.39. The van der Waals surface area contributed by atoms with Gasteiger partial charge >= 0.3 is 0 Å². The Morgan fingerprint density at radius 3 is 2.71 bits per heavy atom. The van der Waals surface area contributed by atoms with Gasteiger partial charge in [0.2, 0.25) is 0 Å². The van der Waals surface area contributed by atoms with E-state index in [0.717, 1.165) is 23.2 Å². The molecule has 3 heteroatoms. The third-order valence-corrected chi connectivity index (χ3v) is 3.15. The van der Waals surface area contributed by atoms with Crippen molar-refractivity contribution in [3.8, 4) is 0 Å². The molecule has 1 aromatic carbocycles. The Morgan fingerprint density at radius 2 is 2.12 bits per heavy atom. The van der Waals surface area contributed by atoms with E-state index in [1.807, 2.05) is 31.2 Å². The number of aryl methyl sites for hydroxylation is 1. The predicted octanol–water partition coefficient (Wildman–Crippen LogP) is 2.75. The third-order valence-electron chi connectivity index (χ3n) is 3.15. The molecule has 0 spiro atoms. The maximum atomic E-state index is 11.0. The monoisotopic (exact) mass is 230 g/mol. The minimum absolute atomic E-state index is 0.681. The predicted molar refractivity (Wildman–Crippen MR) is 67.7 cm³/mol. The number of aliphatic hydroxyl groups is 1. The summed E-state index contributed by atoms with van der Waals surface area (Å²) < 4.78 is 0. The first-order valence-electron chi connectivity index (χ1n) is 5.96. The smallest absolute Gasteiger partial charge is 0.131 e. The van der Waals surface area contributed by atoms with Crippen LogP contribution < -0.4 is 0 Å². The molecule has 2 aromatic rings. The van der Waals surface area contributed by atoms with Gasteiger partial charge in [0, 0.05) is 0 Å². The van der Waals surface area contributed by atoms with E-state index < -0.39 is 5.60 Å². The third kappa shape index (κ3) is 2.11. The molecule has 1 aromatic heterocycles. The number of aromatic nitrogens is 2. The molecule has 0 saturated heterocycles. The summed E-state index contributed by atoms with van der Waals surface area (Å²) in [7, 11) is 0. The number of H-pyrrole nitrogens is 1. The molecule has 0 fully saturated rings. The molecule has 2 N–H and O–H groups in total. The molecule has 0 aliphatic rings. The summed E-state index contributed by atoms with van der Waals surface area (Å²) in [5, 5.41) is 11.0. The number of aromatic amines is 1. The number of nitrogens with zero attached hydrogens (tertiary/aromatic N) is 1. The highest BCUT2D eigenvalue weighted by Crippen LogP contribution is 2.34. The summed E-state index contributed by atoms with van der Waals surface area (Å²) in [5.41, 5.74) is 1.84. The van der Waals surface area contributed by atoms with E-state index in [4.69, 9.17) is 0 Å². The van der Waals surface area contributed by atoms with Crippen LogP contribution in [0.25, 0.3) is 0 Å². The molecule has 1 unspecified atom stereocenters. The molecule has 0 bridgehead atoms. The van der Waals surface area contributed by atoms with Gasteiger partial charge < -0.3 is 10.1 Å². The van der Waals surface area contributed by atoms with Gasteiger partial charge in [0.1, 0.15) is 5.60 Å². The van der Waals surface area contributed by atoms with Crippen LogP contribution in [0.5, 0.6) is 0 Å². The van der Waals surface area contributed by atoms with Crippen LogP contribution in [0.2, 0.25) is 0 Å². The Hall–Kier alpha value is -1.61. The number of nitrogens with one attached hydrogen (secondary N) is 1. The molecule has 1 heterocycles. The van der Waals surface area contributed by atoms with E-state index in [-0.39, 0.29) is 0 Å². The topological polar surface area (TPSA) is 48.9 Å². The fourth-order valence-electron chi connectivity index (χ4n) is 2.30. The van der Waals surface area contributed by atoms with Gasteiger partial charge in [-0.15, -0.1) is 0 Å². The molecule has 17 heavy (non-hydrogen) atoms. The summed E-state index contributed by atoms with van der Waals surface area (Å²) in [6, 6.07) is 7.94. The van der Waals surface area contributed by atoms with E-state index in [1.54, 1.807) is 12.5 Å². The Balaban J connectivity index is 2.52. The lowest BCUT2D eigenvalue weighted by Gasteiger charge is -2.28. The van der Waals surface area contributed by atoms with Crippen LogP contribution in [-0.4, -0.2) is 15.1 Å². The van der Waals surface area contributed by atoms with Crippen molar-refractivity contribution in [2.24, 2.45) is 0 Å². The largest absolute Gasteiger partial charge is 0.379 e. The van der Waals surface area contributed by atoms with Gasteiger partial charge in [0.05, 0.1) is 18.2 Å². The van der Waals surface area contributed by atoms with E-state index in [1.165, 1.54) is 0 Å². The second kappa shape index (κ2) is 4.72. The lowest BCUT2D eigenvalue weighted by Crippen LogP contribution is -2.28. The van der Waals surface area contributed by atoms with Crippen LogP contribution in [0.3, 0.4) is 0 Å². The molecule has 1 atom stereocenters. The normalized spacial score (nSPS) is 14.5. The molecule has 3 nitrogen and oxygen atoms in total. The summed E-state index contributed by atoms with van der Waals surface area (Å²) in [4.78, 5) is 7.04. The van der Waals surface area contributed by atoms with Crippen molar-refractivity contribution in [1.29, 1.82) is 0 Å². The summed E-state index contributed by atoms with van der Waals surface area (Å²) >= 11 is 0. The Morgan fingerprint density at radius 1 is 1.35 bits per heavy atom. The van der Waals surface area contributed by atoms with Crippen LogP contribution in [0.15, 0.2) is 36.8 Å². The molecule has 0 aliphatic carbocycles. The first-order valence-corrected chi connectivity index (χ1v) is 5.96. The van der Waals surface area contributed by atoms with Crippen LogP contribution in [-0.2, 0) is 5.60 Å². The highest BCUT2D eigenvalue weighted by Gasteiger charge is 2.33. The number of imidazole rings is 1. The highest BCUT2D eigenvalue weighted by molar-refractivity contribution is 5.37. The van der Waals surface area contributed by atoms with E-state index in [2.05, 4.69) is 16.9 Å². The van der Waals surface area contributed by atoms with E-state index in [9.17, 15) is 5.11 Å². The Labute approximate surface area is 102 Å². The van der Waals surface area contributed by atoms with Crippen molar-refractivity contribution in [3.05, 3.63) is 53.6 Å². The van der Waals surface area contributed by atoms with Gasteiger partial charge in [-0.3, -0.25) is 0 Å². The zero-order valence-corrected chi connectivity index (χ0v) is 10.3. The maximum Gasteiger partial charge on any atom is 0.131 e. The van der Waals surface area contributed by atoms with Crippen molar-refractivity contribution in [3.63, 3.8) is 0 Å². The zero-order valence-electron chi connectivity index (χ0n) is 10.3. The average Bonchev–Trinajstić information content (AvgIpc) is 2.83. The first kappa shape index (κ1) is 11.9. The van der Waals surface area contributed by atoms with Gasteiger partial charge in [-0.05, 0) is 24.5 Å². The van der Waals surface area contributed by atoms with Gasteiger partial charge in [-0.2, -0.15) is 0 Å². The summed E-state index contributed by atoms with van der Waals surface area (Å²) in [6.45, 7) is 4.09. The molecule has 0 radical (unpaired) electrons. The van der Waals surface area contributed by atoms with Gasteiger partial charge in [0.15, 0.2) is 0 Å². The average molecular weight is 230 g/mol. The molecular formula is C14H18N2O. The van der Waals surface area contributed by atoms with E-state index >= 15 is 0 Å². The fraction of sp³-hybridized carbons (Fsp3) is 0.357. The zero-order chi connectivity index (χ0) is 12.3. The molecule has 90 valence electrons. The number of hydrogen-bond acceptors (Lipinski definition) is 2. The standard InChI is InChI=1S/C14H18N2O/c1-3-8-14(17,13-9-15-10-16-13)12-7-5-4-6-11(12)2/h4-7,9-10,17H,3,8H2,1-2H3,(H,15,16). The Bertz CT molecular complexity index is 479. The lowest BCUT2D eigenvalue weighted by molar-refractivity contribution is 0.0654. The fourth-order valence-corrected chi connectivity index (χ4v) is 2.30. The number of hydrogen-bond donors (Lipinski definition) is 2. The van der Waals surface area contributed by atoms with Crippen LogP contribution in [0.4, 0.5) is 0 Å². The summed E-state index contributed by atoms with van der Waals surface area (Å²) in [6.07, 6.45) is 4.89. The highest BCUT2D eigenvalue weighted by atomic mass is 16.3. The van der Waals surface area contributed by atoms with Crippen LogP contribution >= 0.6 is 0 Å². The van der Waals surface area contributed by atoms with Crippen molar-refractivity contribution in [2.75, 3.05) is 0 Å². The maximum absolute atomic E-state index is 11.0. The van der Waals surface area contributed by atoms with Crippen molar-refractivity contribution in [2.45, 2.75) is 32.3 Å². The lowest BCUT2D eigenvalue weighted by atomic mass is 9.84. The second-order valence-corrected chi connectivity index (χ2v) is 4.39. The van der Waals surface area contributed by atoms with Crippen molar-refractivity contribution < 1.29 is 5.11 Å². The quantitative estimate of drug-likeness (QED) is 0.848. The minimum Gasteiger partial charge on any atom is -0.379 e. The van der Waals surface area contributed by atoms with Crippen LogP contribution in [0, 0.1) is 6.92 Å². The minimum atomic E-state index is -0.962. The van der Waals surface area contributed by atoms with Gasteiger partial charge in [-0.25, -0.2) is 4.98 Å². The van der Waals surface area contributed by atoms with E-state index in [0.29, 0.717) is 6.42 Å². The van der Waals surface area contributed by atoms with Crippen molar-refractivity contribution >= 4 is 0 Å². The molecule has 0 saturated carbocycles. The Kier molecular flexibility index (Phi) is 3.29. The molecule has 2 rings (SSSR count). The molecular weight excluding hydrogens is 212 g/mol. The van der Waals surface area contributed by atoms with Crippen LogP contribution in [0.1, 0.15) is 36.6 Å². The summed E-state index contributed by atoms with van der Waals surface area (Å²) in [5.74, 6) is 0. The number of benzene rings is 1. The van der Waals surface area contributed by atoms with Crippen molar-refractivity contribution in [1.82, 2.24) is 9.97 Å². The molecule has 0 amide bonds. The van der Waals surface area contributed by atoms with Gasteiger partial charge in [0.25, 0.3) is 0 Å². The number of rotatable bonds is 4. The molecule has 0 aliphatic heterocycles. The first-order chi connectivity index (χ1) is 8.18. The van der Waals surface area contributed by atoms with Gasteiger partial charge in [-0.1, -0.05) is 37.6 Å². The SMILES string of the molecule is CCCC(O)(c1cnc[nH]1)c1ccccc1C.